The second kappa shape index (κ2) is 5.77. The Kier molecular flexibility index (Phi) is 4.09. The van der Waals surface area contributed by atoms with Gasteiger partial charge in [-0.2, -0.15) is 0 Å². The number of hydrogen-bond donors (Lipinski definition) is 1. The Labute approximate surface area is 108 Å². The van der Waals surface area contributed by atoms with Crippen molar-refractivity contribution in [1.29, 1.82) is 0 Å². The van der Waals surface area contributed by atoms with E-state index in [0.717, 1.165) is 16.5 Å². The highest BCUT2D eigenvalue weighted by molar-refractivity contribution is 9.10. The van der Waals surface area contributed by atoms with E-state index in [1.807, 2.05) is 18.3 Å². The molecule has 1 aromatic carbocycles. The molecule has 0 spiro atoms. The van der Waals surface area contributed by atoms with Gasteiger partial charge in [0.1, 0.15) is 5.82 Å². The molecule has 0 bridgehead atoms. The summed E-state index contributed by atoms with van der Waals surface area (Å²) in [6.07, 6.45) is 4.38. The molecule has 0 aliphatic rings. The maximum absolute atomic E-state index is 13.4. The van der Waals surface area contributed by atoms with Crippen LogP contribution in [-0.4, -0.2) is 11.5 Å². The number of aromatic nitrogens is 1. The van der Waals surface area contributed by atoms with Gasteiger partial charge in [-0.25, -0.2) is 4.39 Å². The number of pyridine rings is 1. The molecule has 2 aromatic rings. The highest BCUT2D eigenvalue weighted by Gasteiger charge is 2.01. The minimum Gasteiger partial charge on any atom is -0.382 e. The summed E-state index contributed by atoms with van der Waals surface area (Å²) in [5.74, 6) is -0.237. The van der Waals surface area contributed by atoms with Crippen molar-refractivity contribution in [3.8, 4) is 0 Å². The highest BCUT2D eigenvalue weighted by atomic mass is 79.9. The van der Waals surface area contributed by atoms with Crippen LogP contribution in [0.4, 0.5) is 10.1 Å². The Bertz CT molecular complexity index is 488. The normalized spacial score (nSPS) is 10.2. The summed E-state index contributed by atoms with van der Waals surface area (Å²) >= 11 is 3.32. The largest absolute Gasteiger partial charge is 0.382 e. The van der Waals surface area contributed by atoms with Crippen LogP contribution < -0.4 is 5.32 Å². The Morgan fingerprint density at radius 2 is 2.18 bits per heavy atom. The molecule has 1 aromatic heterocycles. The maximum atomic E-state index is 13.4. The summed E-state index contributed by atoms with van der Waals surface area (Å²) in [6.45, 7) is 0.680. The third kappa shape index (κ3) is 3.53. The lowest BCUT2D eigenvalue weighted by Gasteiger charge is -2.07. The summed E-state index contributed by atoms with van der Waals surface area (Å²) in [5.41, 5.74) is 1.65. The molecule has 1 heterocycles. The van der Waals surface area contributed by atoms with Gasteiger partial charge in [0.05, 0.1) is 5.69 Å². The van der Waals surface area contributed by atoms with Gasteiger partial charge in [0.2, 0.25) is 0 Å². The van der Waals surface area contributed by atoms with E-state index in [-0.39, 0.29) is 5.82 Å². The van der Waals surface area contributed by atoms with Crippen molar-refractivity contribution in [3.05, 3.63) is 58.6 Å². The number of nitrogens with zero attached hydrogens (tertiary/aromatic N) is 1. The fourth-order valence-electron chi connectivity index (χ4n) is 1.52. The van der Waals surface area contributed by atoms with Crippen LogP contribution in [0.2, 0.25) is 0 Å². The molecule has 0 saturated carbocycles. The first-order valence-corrected chi connectivity index (χ1v) is 6.13. The Morgan fingerprint density at radius 3 is 2.94 bits per heavy atom. The first kappa shape index (κ1) is 12.0. The minimum atomic E-state index is -0.237. The molecule has 1 N–H and O–H groups in total. The van der Waals surface area contributed by atoms with E-state index in [9.17, 15) is 4.39 Å². The van der Waals surface area contributed by atoms with Crippen LogP contribution >= 0.6 is 15.9 Å². The SMILES string of the molecule is Fc1ccc(Br)cc1NCCc1cccnc1. The van der Waals surface area contributed by atoms with Gasteiger partial charge < -0.3 is 5.32 Å². The lowest BCUT2D eigenvalue weighted by atomic mass is 10.2. The molecule has 2 rings (SSSR count). The molecule has 0 unspecified atom stereocenters. The Hall–Kier alpha value is -1.42. The third-order valence-electron chi connectivity index (χ3n) is 2.38. The number of anilines is 1. The van der Waals surface area contributed by atoms with Crippen LogP contribution in [0.1, 0.15) is 5.56 Å². The molecule has 88 valence electrons. The summed E-state index contributed by atoms with van der Waals surface area (Å²) in [5, 5.41) is 3.07. The molecule has 2 nitrogen and oxygen atoms in total. The summed E-state index contributed by atoms with van der Waals surface area (Å²) in [7, 11) is 0. The molecule has 4 heteroatoms. The van der Waals surface area contributed by atoms with Gasteiger partial charge in [-0.15, -0.1) is 0 Å². The molecular weight excluding hydrogens is 283 g/mol. The quantitative estimate of drug-likeness (QED) is 0.931. The van der Waals surface area contributed by atoms with Crippen LogP contribution in [0.5, 0.6) is 0 Å². The molecule has 0 aliphatic carbocycles. The van der Waals surface area contributed by atoms with Gasteiger partial charge in [-0.1, -0.05) is 22.0 Å². The number of hydrogen-bond acceptors (Lipinski definition) is 2. The van der Waals surface area contributed by atoms with Crippen molar-refractivity contribution in [1.82, 2.24) is 4.98 Å². The Balaban J connectivity index is 1.92. The predicted molar refractivity (Wildman–Crippen MR) is 70.5 cm³/mol. The minimum absolute atomic E-state index is 0.237. The summed E-state index contributed by atoms with van der Waals surface area (Å²) < 4.78 is 14.3. The number of benzene rings is 1. The van der Waals surface area contributed by atoms with Crippen molar-refractivity contribution in [3.63, 3.8) is 0 Å². The van der Waals surface area contributed by atoms with Crippen LogP contribution in [0.3, 0.4) is 0 Å². The lowest BCUT2D eigenvalue weighted by molar-refractivity contribution is 0.630. The molecule has 0 fully saturated rings. The second-order valence-electron chi connectivity index (χ2n) is 3.66. The molecular formula is C13H12BrFN2. The average molecular weight is 295 g/mol. The van der Waals surface area contributed by atoms with E-state index in [4.69, 9.17) is 0 Å². The van der Waals surface area contributed by atoms with Crippen LogP contribution in [0.25, 0.3) is 0 Å². The average Bonchev–Trinajstić information content (AvgIpc) is 2.35. The first-order chi connectivity index (χ1) is 8.25. The van der Waals surface area contributed by atoms with E-state index in [1.165, 1.54) is 6.07 Å². The number of nitrogens with one attached hydrogen (secondary N) is 1. The molecule has 0 amide bonds. The van der Waals surface area contributed by atoms with Gasteiger partial charge in [0.25, 0.3) is 0 Å². The molecule has 17 heavy (non-hydrogen) atoms. The lowest BCUT2D eigenvalue weighted by Crippen LogP contribution is -2.06. The third-order valence-corrected chi connectivity index (χ3v) is 2.87. The van der Waals surface area contributed by atoms with E-state index < -0.39 is 0 Å². The van der Waals surface area contributed by atoms with E-state index in [2.05, 4.69) is 26.2 Å². The fraction of sp³-hybridized carbons (Fsp3) is 0.154. The highest BCUT2D eigenvalue weighted by Crippen LogP contribution is 2.19. The first-order valence-electron chi connectivity index (χ1n) is 5.33. The van der Waals surface area contributed by atoms with Crippen LogP contribution in [0, 0.1) is 5.82 Å². The standard InChI is InChI=1S/C13H12BrFN2/c14-11-3-4-12(15)13(8-11)17-7-5-10-2-1-6-16-9-10/h1-4,6,8-9,17H,5,7H2. The number of halogens is 2. The fourth-order valence-corrected chi connectivity index (χ4v) is 1.88. The van der Waals surface area contributed by atoms with Crippen LogP contribution in [-0.2, 0) is 6.42 Å². The zero-order chi connectivity index (χ0) is 12.1. The van der Waals surface area contributed by atoms with E-state index >= 15 is 0 Å². The van der Waals surface area contributed by atoms with Crippen molar-refractivity contribution in [2.45, 2.75) is 6.42 Å². The van der Waals surface area contributed by atoms with Gasteiger partial charge >= 0.3 is 0 Å². The zero-order valence-corrected chi connectivity index (χ0v) is 10.7. The number of rotatable bonds is 4. The smallest absolute Gasteiger partial charge is 0.146 e. The van der Waals surface area contributed by atoms with Gasteiger partial charge in [0, 0.05) is 23.4 Å². The molecule has 0 aliphatic heterocycles. The van der Waals surface area contributed by atoms with Crippen molar-refractivity contribution < 1.29 is 4.39 Å². The summed E-state index contributed by atoms with van der Waals surface area (Å²) in [4.78, 5) is 4.03. The van der Waals surface area contributed by atoms with Crippen molar-refractivity contribution >= 4 is 21.6 Å². The van der Waals surface area contributed by atoms with Gasteiger partial charge in [-0.05, 0) is 36.2 Å². The maximum Gasteiger partial charge on any atom is 0.146 e. The van der Waals surface area contributed by atoms with Crippen LogP contribution in [0.15, 0.2) is 47.2 Å². The van der Waals surface area contributed by atoms with E-state index in [0.29, 0.717) is 12.2 Å². The predicted octanol–water partition coefficient (Wildman–Crippen LogP) is 3.64. The zero-order valence-electron chi connectivity index (χ0n) is 9.16. The molecule has 0 radical (unpaired) electrons. The monoisotopic (exact) mass is 294 g/mol. The van der Waals surface area contributed by atoms with Gasteiger partial charge in [-0.3, -0.25) is 4.98 Å². The van der Waals surface area contributed by atoms with Gasteiger partial charge in [0.15, 0.2) is 0 Å². The van der Waals surface area contributed by atoms with Crippen molar-refractivity contribution in [2.75, 3.05) is 11.9 Å². The summed E-state index contributed by atoms with van der Waals surface area (Å²) in [6, 6.07) is 8.76. The van der Waals surface area contributed by atoms with Crippen molar-refractivity contribution in [2.24, 2.45) is 0 Å². The van der Waals surface area contributed by atoms with E-state index in [1.54, 1.807) is 18.3 Å². The molecule has 0 saturated heterocycles. The second-order valence-corrected chi connectivity index (χ2v) is 4.58. The topological polar surface area (TPSA) is 24.9 Å². The Morgan fingerprint density at radius 1 is 1.29 bits per heavy atom. The molecule has 0 atom stereocenters.